The molecule has 1 fully saturated rings. The van der Waals surface area contributed by atoms with Gasteiger partial charge in [0.05, 0.1) is 5.60 Å². The van der Waals surface area contributed by atoms with Crippen LogP contribution in [0.4, 0.5) is 13.2 Å². The quantitative estimate of drug-likeness (QED) is 0.685. The van der Waals surface area contributed by atoms with E-state index in [9.17, 15) is 18.3 Å². The lowest BCUT2D eigenvalue weighted by Crippen LogP contribution is -2.59. The summed E-state index contributed by atoms with van der Waals surface area (Å²) in [6.45, 7) is 0.843. The molecule has 0 aromatic rings. The zero-order valence-electron chi connectivity index (χ0n) is 6.62. The largest absolute Gasteiger partial charge is 0.389 e. The molecule has 2 N–H and O–H groups in total. The van der Waals surface area contributed by atoms with Gasteiger partial charge in [-0.1, -0.05) is 0 Å². The first kappa shape index (κ1) is 9.80. The molecule has 2 nitrogen and oxygen atoms in total. The van der Waals surface area contributed by atoms with Crippen LogP contribution in [0.1, 0.15) is 19.3 Å². The van der Waals surface area contributed by atoms with Gasteiger partial charge in [-0.05, 0) is 12.8 Å². The van der Waals surface area contributed by atoms with Crippen LogP contribution in [0.25, 0.3) is 0 Å². The van der Waals surface area contributed by atoms with Crippen LogP contribution in [0.15, 0.2) is 0 Å². The van der Waals surface area contributed by atoms with Crippen molar-refractivity contribution in [1.29, 1.82) is 0 Å². The van der Waals surface area contributed by atoms with Gasteiger partial charge in [0.15, 0.2) is 0 Å². The molecule has 0 radical (unpaired) electrons. The maximum Gasteiger partial charge on any atom is 0.389 e. The van der Waals surface area contributed by atoms with Crippen molar-refractivity contribution < 1.29 is 18.3 Å². The Labute approximate surface area is 68.8 Å². The highest BCUT2D eigenvalue weighted by Gasteiger charge is 2.35. The Morgan fingerprint density at radius 1 is 1.33 bits per heavy atom. The SMILES string of the molecule is OC1(CCCC(F)(F)F)CNC1. The molecule has 1 heterocycles. The molecule has 5 heteroatoms. The molecule has 0 aromatic carbocycles. The lowest BCUT2D eigenvalue weighted by Gasteiger charge is -2.37. The summed E-state index contributed by atoms with van der Waals surface area (Å²) in [7, 11) is 0. The van der Waals surface area contributed by atoms with E-state index in [2.05, 4.69) is 5.32 Å². The Kier molecular flexibility index (Phi) is 2.63. The molecule has 0 amide bonds. The fourth-order valence-corrected chi connectivity index (χ4v) is 1.21. The summed E-state index contributed by atoms with van der Waals surface area (Å²) in [4.78, 5) is 0. The van der Waals surface area contributed by atoms with E-state index in [4.69, 9.17) is 0 Å². The maximum absolute atomic E-state index is 11.7. The van der Waals surface area contributed by atoms with Gasteiger partial charge in [-0.25, -0.2) is 0 Å². The molecule has 0 atom stereocenters. The van der Waals surface area contributed by atoms with Gasteiger partial charge in [-0.15, -0.1) is 0 Å². The molecule has 0 unspecified atom stereocenters. The van der Waals surface area contributed by atoms with Crippen LogP contribution in [0.3, 0.4) is 0 Å². The first-order chi connectivity index (χ1) is 5.41. The maximum atomic E-state index is 11.7. The first-order valence-corrected chi connectivity index (χ1v) is 3.91. The predicted octanol–water partition coefficient (Wildman–Crippen LogP) is 1.05. The molecule has 0 aliphatic carbocycles. The molecule has 72 valence electrons. The second-order valence-corrected chi connectivity index (χ2v) is 3.30. The van der Waals surface area contributed by atoms with Gasteiger partial charge < -0.3 is 10.4 Å². The van der Waals surface area contributed by atoms with Gasteiger partial charge in [0, 0.05) is 19.5 Å². The number of halogens is 3. The number of hydrogen-bond donors (Lipinski definition) is 2. The van der Waals surface area contributed by atoms with Crippen LogP contribution in [0.5, 0.6) is 0 Å². The van der Waals surface area contributed by atoms with Crippen molar-refractivity contribution in [3.05, 3.63) is 0 Å². The fraction of sp³-hybridized carbons (Fsp3) is 1.00. The van der Waals surface area contributed by atoms with E-state index in [1.807, 2.05) is 0 Å². The van der Waals surface area contributed by atoms with E-state index in [0.717, 1.165) is 0 Å². The normalized spacial score (nSPS) is 22.0. The standard InChI is InChI=1S/C7H12F3NO/c8-7(9,10)3-1-2-6(12)4-11-5-6/h11-12H,1-5H2. The minimum absolute atomic E-state index is 0.0156. The summed E-state index contributed by atoms with van der Waals surface area (Å²) < 4.78 is 35.0. The van der Waals surface area contributed by atoms with Crippen LogP contribution in [0, 0.1) is 0 Å². The van der Waals surface area contributed by atoms with Crippen LogP contribution in [-0.4, -0.2) is 30.0 Å². The molecule has 0 spiro atoms. The topological polar surface area (TPSA) is 32.3 Å². The number of β-amino-alcohol motifs (C(OH)–C–C–N with tert-alkyl or cyclic N) is 1. The monoisotopic (exact) mass is 183 g/mol. The molecule has 12 heavy (non-hydrogen) atoms. The zero-order valence-corrected chi connectivity index (χ0v) is 6.62. The average Bonchev–Trinajstić information content (AvgIpc) is 1.81. The third-order valence-electron chi connectivity index (χ3n) is 2.01. The predicted molar refractivity (Wildman–Crippen MR) is 37.7 cm³/mol. The second-order valence-electron chi connectivity index (χ2n) is 3.30. The Balaban J connectivity index is 2.10. The van der Waals surface area contributed by atoms with E-state index in [0.29, 0.717) is 13.1 Å². The van der Waals surface area contributed by atoms with E-state index >= 15 is 0 Å². The van der Waals surface area contributed by atoms with Crippen LogP contribution in [0.2, 0.25) is 0 Å². The molecule has 1 saturated heterocycles. The number of nitrogens with one attached hydrogen (secondary N) is 1. The minimum Gasteiger partial charge on any atom is -0.387 e. The van der Waals surface area contributed by atoms with E-state index in [1.54, 1.807) is 0 Å². The number of alkyl halides is 3. The van der Waals surface area contributed by atoms with Gasteiger partial charge in [0.1, 0.15) is 0 Å². The van der Waals surface area contributed by atoms with Crippen LogP contribution < -0.4 is 5.32 Å². The van der Waals surface area contributed by atoms with Gasteiger partial charge in [0.25, 0.3) is 0 Å². The van der Waals surface area contributed by atoms with Gasteiger partial charge in [-0.3, -0.25) is 0 Å². The number of rotatable bonds is 3. The summed E-state index contributed by atoms with van der Waals surface area (Å²) in [5, 5.41) is 12.2. The molecular formula is C7H12F3NO. The molecular weight excluding hydrogens is 171 g/mol. The highest BCUT2D eigenvalue weighted by Crippen LogP contribution is 2.26. The summed E-state index contributed by atoms with van der Waals surface area (Å²) in [6.07, 6.45) is -4.63. The molecule has 0 aromatic heterocycles. The van der Waals surface area contributed by atoms with Crippen molar-refractivity contribution in [2.45, 2.75) is 31.0 Å². The minimum atomic E-state index is -4.09. The van der Waals surface area contributed by atoms with E-state index in [1.165, 1.54) is 0 Å². The molecule has 1 aliphatic heterocycles. The Morgan fingerprint density at radius 3 is 2.25 bits per heavy atom. The van der Waals surface area contributed by atoms with Gasteiger partial charge in [0.2, 0.25) is 0 Å². The highest BCUT2D eigenvalue weighted by atomic mass is 19.4. The fourth-order valence-electron chi connectivity index (χ4n) is 1.21. The van der Waals surface area contributed by atoms with Gasteiger partial charge >= 0.3 is 6.18 Å². The Morgan fingerprint density at radius 2 is 1.92 bits per heavy atom. The molecule has 1 rings (SSSR count). The van der Waals surface area contributed by atoms with Crippen molar-refractivity contribution in [3.8, 4) is 0 Å². The van der Waals surface area contributed by atoms with Crippen molar-refractivity contribution in [2.75, 3.05) is 13.1 Å². The third kappa shape index (κ3) is 2.98. The summed E-state index contributed by atoms with van der Waals surface area (Å²) >= 11 is 0. The lowest BCUT2D eigenvalue weighted by molar-refractivity contribution is -0.139. The Bertz CT molecular complexity index is 153. The third-order valence-corrected chi connectivity index (χ3v) is 2.01. The molecule has 0 saturated carbocycles. The number of aliphatic hydroxyl groups is 1. The van der Waals surface area contributed by atoms with E-state index < -0.39 is 18.2 Å². The first-order valence-electron chi connectivity index (χ1n) is 3.91. The van der Waals surface area contributed by atoms with Crippen molar-refractivity contribution in [3.63, 3.8) is 0 Å². The zero-order chi connectivity index (χ0) is 9.24. The lowest BCUT2D eigenvalue weighted by atomic mass is 9.91. The molecule has 1 aliphatic rings. The average molecular weight is 183 g/mol. The highest BCUT2D eigenvalue weighted by molar-refractivity contribution is 4.92. The van der Waals surface area contributed by atoms with Crippen molar-refractivity contribution in [2.24, 2.45) is 0 Å². The summed E-state index contributed by atoms with van der Waals surface area (Å²) in [6, 6.07) is 0. The van der Waals surface area contributed by atoms with Crippen molar-refractivity contribution in [1.82, 2.24) is 5.32 Å². The second kappa shape index (κ2) is 3.22. The molecule has 0 bridgehead atoms. The summed E-state index contributed by atoms with van der Waals surface area (Å²) in [5.74, 6) is 0. The summed E-state index contributed by atoms with van der Waals surface area (Å²) in [5.41, 5.74) is -0.870. The van der Waals surface area contributed by atoms with E-state index in [-0.39, 0.29) is 12.8 Å². The van der Waals surface area contributed by atoms with Crippen molar-refractivity contribution >= 4 is 0 Å². The van der Waals surface area contributed by atoms with Crippen LogP contribution in [-0.2, 0) is 0 Å². The van der Waals surface area contributed by atoms with Gasteiger partial charge in [-0.2, -0.15) is 13.2 Å². The Hall–Kier alpha value is -0.290. The van der Waals surface area contributed by atoms with Crippen LogP contribution >= 0.6 is 0 Å². The smallest absolute Gasteiger partial charge is 0.387 e. The number of hydrogen-bond acceptors (Lipinski definition) is 2.